The topological polar surface area (TPSA) is 0 Å². The van der Waals surface area contributed by atoms with Crippen LogP contribution in [0, 0.1) is 0 Å². The fraction of sp³-hybridized carbons (Fsp3) is 1.00. The Hall–Kier alpha value is 1.53. The minimum atomic E-state index is -1.31. The minimum Gasteiger partial charge on any atom is -0.150 e. The van der Waals surface area contributed by atoms with E-state index in [-0.39, 0.29) is 0 Å². The molecule has 0 saturated heterocycles. The molecular formula is C14H29Cl2ISi. The van der Waals surface area contributed by atoms with Crippen LogP contribution >= 0.6 is 44.7 Å². The summed E-state index contributed by atoms with van der Waals surface area (Å²) in [5, 5.41) is 0. The van der Waals surface area contributed by atoms with Gasteiger partial charge in [0.15, 0.2) is 0 Å². The first kappa shape index (κ1) is 19.5. The van der Waals surface area contributed by atoms with E-state index in [1.54, 1.807) is 0 Å². The van der Waals surface area contributed by atoms with Gasteiger partial charge in [0.05, 0.1) is 0 Å². The van der Waals surface area contributed by atoms with E-state index < -0.39 is 7.42 Å². The SMILES string of the molecule is Cl[SiH](Cl)CCCCCCCCCCCCCCI. The molecule has 0 nitrogen and oxygen atoms in total. The minimum absolute atomic E-state index is 1.10. The van der Waals surface area contributed by atoms with E-state index in [1.807, 2.05) is 0 Å². The molecule has 0 aromatic carbocycles. The highest BCUT2D eigenvalue weighted by Crippen LogP contribution is 2.14. The van der Waals surface area contributed by atoms with Crippen molar-refractivity contribution >= 4 is 52.2 Å². The van der Waals surface area contributed by atoms with Gasteiger partial charge in [0.1, 0.15) is 0 Å². The summed E-state index contributed by atoms with van der Waals surface area (Å²) in [6.07, 6.45) is 16.9. The molecule has 0 atom stereocenters. The largest absolute Gasteiger partial charge is 0.237 e. The fourth-order valence-electron chi connectivity index (χ4n) is 2.16. The van der Waals surface area contributed by atoms with Gasteiger partial charge in [0.2, 0.25) is 7.42 Å². The highest BCUT2D eigenvalue weighted by atomic mass is 127. The Kier molecular flexibility index (Phi) is 18.0. The Bertz CT molecular complexity index is 157. The average molecular weight is 423 g/mol. The number of unbranched alkanes of at least 4 members (excludes halogenated alkanes) is 11. The maximum atomic E-state index is 5.82. The Morgan fingerprint density at radius 3 is 1.22 bits per heavy atom. The van der Waals surface area contributed by atoms with Crippen LogP contribution < -0.4 is 0 Å². The van der Waals surface area contributed by atoms with Crippen molar-refractivity contribution in [1.82, 2.24) is 0 Å². The highest BCUT2D eigenvalue weighted by molar-refractivity contribution is 14.1. The summed E-state index contributed by atoms with van der Waals surface area (Å²) in [6.45, 7) is 0. The summed E-state index contributed by atoms with van der Waals surface area (Å²) >= 11 is 14.1. The third-order valence-corrected chi connectivity index (χ3v) is 6.22. The lowest BCUT2D eigenvalue weighted by atomic mass is 10.1. The highest BCUT2D eigenvalue weighted by Gasteiger charge is 2.00. The Morgan fingerprint density at radius 2 is 0.889 bits per heavy atom. The van der Waals surface area contributed by atoms with Gasteiger partial charge in [-0.05, 0) is 16.9 Å². The normalized spacial score (nSPS) is 11.3. The maximum Gasteiger partial charge on any atom is 0.237 e. The zero-order valence-electron chi connectivity index (χ0n) is 11.6. The van der Waals surface area contributed by atoms with Crippen molar-refractivity contribution < 1.29 is 0 Å². The van der Waals surface area contributed by atoms with Crippen molar-refractivity contribution in [2.45, 2.75) is 83.1 Å². The third-order valence-electron chi connectivity index (χ3n) is 3.31. The van der Waals surface area contributed by atoms with Crippen LogP contribution in [0.5, 0.6) is 0 Å². The fourth-order valence-corrected chi connectivity index (χ4v) is 4.22. The number of halogens is 3. The molecule has 0 unspecified atom stereocenters. The van der Waals surface area contributed by atoms with Gasteiger partial charge in [-0.25, -0.2) is 0 Å². The molecule has 0 aromatic heterocycles. The van der Waals surface area contributed by atoms with E-state index in [9.17, 15) is 0 Å². The van der Waals surface area contributed by atoms with Gasteiger partial charge in [-0.3, -0.25) is 0 Å². The lowest BCUT2D eigenvalue weighted by Gasteiger charge is -2.03. The van der Waals surface area contributed by atoms with E-state index in [1.165, 1.54) is 81.5 Å². The van der Waals surface area contributed by atoms with E-state index in [4.69, 9.17) is 22.2 Å². The van der Waals surface area contributed by atoms with Crippen LogP contribution in [0.2, 0.25) is 6.04 Å². The van der Waals surface area contributed by atoms with Crippen LogP contribution in [-0.4, -0.2) is 11.8 Å². The molecule has 4 heteroatoms. The Balaban J connectivity index is 2.90. The smallest absolute Gasteiger partial charge is 0.150 e. The molecule has 0 bridgehead atoms. The molecule has 0 N–H and O–H groups in total. The number of alkyl halides is 1. The van der Waals surface area contributed by atoms with Crippen LogP contribution in [0.15, 0.2) is 0 Å². The molecule has 0 aliphatic heterocycles. The van der Waals surface area contributed by atoms with Crippen molar-refractivity contribution in [2.75, 3.05) is 4.43 Å². The van der Waals surface area contributed by atoms with Crippen LogP contribution in [0.25, 0.3) is 0 Å². The molecule has 0 spiro atoms. The van der Waals surface area contributed by atoms with E-state index in [2.05, 4.69) is 22.6 Å². The maximum absolute atomic E-state index is 5.82. The van der Waals surface area contributed by atoms with Crippen molar-refractivity contribution in [3.63, 3.8) is 0 Å². The second-order valence-electron chi connectivity index (χ2n) is 5.11. The molecular weight excluding hydrogens is 394 g/mol. The van der Waals surface area contributed by atoms with E-state index in [0.717, 1.165) is 6.04 Å². The van der Waals surface area contributed by atoms with Gasteiger partial charge < -0.3 is 0 Å². The van der Waals surface area contributed by atoms with Gasteiger partial charge in [-0.15, -0.1) is 0 Å². The summed E-state index contributed by atoms with van der Waals surface area (Å²) < 4.78 is 1.33. The predicted octanol–water partition coefficient (Wildman–Crippen LogP) is 6.80. The summed E-state index contributed by atoms with van der Waals surface area (Å²) in [5.41, 5.74) is 0. The van der Waals surface area contributed by atoms with Crippen molar-refractivity contribution in [3.05, 3.63) is 0 Å². The molecule has 0 aliphatic carbocycles. The first-order valence-corrected chi connectivity index (χ1v) is 13.4. The second kappa shape index (κ2) is 16.6. The van der Waals surface area contributed by atoms with Gasteiger partial charge in [-0.1, -0.05) is 93.2 Å². The van der Waals surface area contributed by atoms with Crippen LogP contribution in [0.3, 0.4) is 0 Å². The van der Waals surface area contributed by atoms with Crippen LogP contribution in [-0.2, 0) is 0 Å². The molecule has 0 saturated carbocycles. The van der Waals surface area contributed by atoms with Crippen molar-refractivity contribution in [2.24, 2.45) is 0 Å². The zero-order chi connectivity index (χ0) is 13.5. The van der Waals surface area contributed by atoms with Crippen LogP contribution in [0.1, 0.15) is 77.0 Å². The molecule has 0 radical (unpaired) electrons. The van der Waals surface area contributed by atoms with Crippen LogP contribution in [0.4, 0.5) is 0 Å². The quantitative estimate of drug-likeness (QED) is 0.0948. The molecule has 18 heavy (non-hydrogen) atoms. The first-order chi connectivity index (χ1) is 8.77. The number of rotatable bonds is 14. The molecule has 0 aliphatic rings. The number of hydrogen-bond acceptors (Lipinski definition) is 0. The second-order valence-corrected chi connectivity index (χ2v) is 11.4. The Morgan fingerprint density at radius 1 is 0.556 bits per heavy atom. The molecule has 0 heterocycles. The van der Waals surface area contributed by atoms with Crippen molar-refractivity contribution in [1.29, 1.82) is 0 Å². The molecule has 0 amide bonds. The summed E-state index contributed by atoms with van der Waals surface area (Å²) in [6, 6.07) is 1.10. The molecule has 0 fully saturated rings. The van der Waals surface area contributed by atoms with Crippen molar-refractivity contribution in [3.8, 4) is 0 Å². The summed E-state index contributed by atoms with van der Waals surface area (Å²) in [5.74, 6) is 0. The van der Waals surface area contributed by atoms with Gasteiger partial charge in [0, 0.05) is 0 Å². The van der Waals surface area contributed by atoms with E-state index >= 15 is 0 Å². The molecule has 110 valence electrons. The predicted molar refractivity (Wildman–Crippen MR) is 98.0 cm³/mol. The molecule has 0 aromatic rings. The summed E-state index contributed by atoms with van der Waals surface area (Å²) in [4.78, 5) is 0. The van der Waals surface area contributed by atoms with Gasteiger partial charge in [0.25, 0.3) is 0 Å². The lowest BCUT2D eigenvalue weighted by Crippen LogP contribution is -1.91. The monoisotopic (exact) mass is 422 g/mol. The van der Waals surface area contributed by atoms with E-state index in [0.29, 0.717) is 0 Å². The first-order valence-electron chi connectivity index (χ1n) is 7.61. The molecule has 0 rings (SSSR count). The standard InChI is InChI=1S/C14H29Cl2ISi/c15-18(16)14-12-10-8-6-4-2-1-3-5-7-9-11-13-17/h18H,1-14H2. The van der Waals surface area contributed by atoms with Gasteiger partial charge >= 0.3 is 0 Å². The van der Waals surface area contributed by atoms with Gasteiger partial charge in [-0.2, -0.15) is 22.2 Å². The third kappa shape index (κ3) is 17.5. The number of hydrogen-bond donors (Lipinski definition) is 0. The zero-order valence-corrected chi connectivity index (χ0v) is 16.4. The Labute approximate surface area is 139 Å². The lowest BCUT2D eigenvalue weighted by molar-refractivity contribution is 0.548. The summed E-state index contributed by atoms with van der Waals surface area (Å²) in [7, 11) is -1.31. The average Bonchev–Trinajstić information content (AvgIpc) is 2.34.